The Morgan fingerprint density at radius 3 is 2.29 bits per heavy atom. The van der Waals surface area contributed by atoms with Gasteiger partial charge in [0.25, 0.3) is 0 Å². The molecule has 1 saturated carbocycles. The Labute approximate surface area is 142 Å². The highest BCUT2D eigenvalue weighted by Gasteiger charge is 2.29. The van der Waals surface area contributed by atoms with Gasteiger partial charge in [-0.15, -0.1) is 0 Å². The minimum Gasteiger partial charge on any atom is -0.326 e. The Morgan fingerprint density at radius 1 is 0.958 bits per heavy atom. The van der Waals surface area contributed by atoms with Crippen molar-refractivity contribution in [2.45, 2.75) is 33.1 Å². The zero-order valence-electron chi connectivity index (χ0n) is 14.1. The molecule has 0 radical (unpaired) electrons. The van der Waals surface area contributed by atoms with Gasteiger partial charge in [0.2, 0.25) is 11.8 Å². The minimum atomic E-state index is -0.0573. The third-order valence-corrected chi connectivity index (χ3v) is 4.43. The Bertz CT molecular complexity index is 779. The number of hydrogen-bond donors (Lipinski definition) is 2. The maximum absolute atomic E-state index is 12.3. The SMILES string of the molecule is Cc1ccccc1CC(=O)Nc1cccc(NC(=O)C2CC2)c1C. The molecule has 0 bridgehead atoms. The van der Waals surface area contributed by atoms with E-state index in [9.17, 15) is 9.59 Å². The largest absolute Gasteiger partial charge is 0.326 e. The molecule has 0 atom stereocenters. The van der Waals surface area contributed by atoms with E-state index < -0.39 is 0 Å². The van der Waals surface area contributed by atoms with Crippen LogP contribution in [-0.4, -0.2) is 11.8 Å². The summed E-state index contributed by atoms with van der Waals surface area (Å²) in [5, 5.41) is 5.91. The predicted octanol–water partition coefficient (Wildman–Crippen LogP) is 3.83. The van der Waals surface area contributed by atoms with Crippen molar-refractivity contribution in [1.82, 2.24) is 0 Å². The summed E-state index contributed by atoms with van der Waals surface area (Å²) in [6.45, 7) is 3.91. The third kappa shape index (κ3) is 3.82. The Morgan fingerprint density at radius 2 is 1.62 bits per heavy atom. The predicted molar refractivity (Wildman–Crippen MR) is 96.0 cm³/mol. The number of benzene rings is 2. The number of nitrogens with one attached hydrogen (secondary N) is 2. The van der Waals surface area contributed by atoms with Crippen LogP contribution in [0, 0.1) is 19.8 Å². The number of rotatable bonds is 5. The van der Waals surface area contributed by atoms with Crippen LogP contribution in [0.2, 0.25) is 0 Å². The smallest absolute Gasteiger partial charge is 0.228 e. The molecule has 0 spiro atoms. The molecule has 0 aliphatic heterocycles. The van der Waals surface area contributed by atoms with Crippen molar-refractivity contribution in [2.75, 3.05) is 10.6 Å². The molecule has 2 aromatic rings. The summed E-state index contributed by atoms with van der Waals surface area (Å²) >= 11 is 0. The van der Waals surface area contributed by atoms with Gasteiger partial charge in [-0.3, -0.25) is 9.59 Å². The van der Waals surface area contributed by atoms with Crippen LogP contribution in [0.5, 0.6) is 0 Å². The zero-order chi connectivity index (χ0) is 17.1. The maximum atomic E-state index is 12.3. The highest BCUT2D eigenvalue weighted by Crippen LogP contribution is 2.31. The molecule has 1 fully saturated rings. The summed E-state index contributed by atoms with van der Waals surface area (Å²) in [7, 11) is 0. The Balaban J connectivity index is 1.69. The van der Waals surface area contributed by atoms with E-state index in [4.69, 9.17) is 0 Å². The lowest BCUT2D eigenvalue weighted by Gasteiger charge is -2.14. The Hall–Kier alpha value is -2.62. The molecule has 2 amide bonds. The van der Waals surface area contributed by atoms with Crippen molar-refractivity contribution in [3.63, 3.8) is 0 Å². The summed E-state index contributed by atoms with van der Waals surface area (Å²) in [5.74, 6) is 0.170. The van der Waals surface area contributed by atoms with Gasteiger partial charge >= 0.3 is 0 Å². The quantitative estimate of drug-likeness (QED) is 0.879. The number of hydrogen-bond acceptors (Lipinski definition) is 2. The number of amides is 2. The molecule has 0 unspecified atom stereocenters. The summed E-state index contributed by atoms with van der Waals surface area (Å²) in [6.07, 6.45) is 2.28. The van der Waals surface area contributed by atoms with Crippen molar-refractivity contribution in [2.24, 2.45) is 5.92 Å². The molecule has 124 valence electrons. The van der Waals surface area contributed by atoms with Gasteiger partial charge < -0.3 is 10.6 Å². The van der Waals surface area contributed by atoms with Gasteiger partial charge in [0.05, 0.1) is 6.42 Å². The molecule has 4 heteroatoms. The minimum absolute atomic E-state index is 0.0573. The first-order chi connectivity index (χ1) is 11.5. The zero-order valence-corrected chi connectivity index (χ0v) is 14.1. The van der Waals surface area contributed by atoms with Gasteiger partial charge in [-0.05, 0) is 55.5 Å². The summed E-state index contributed by atoms with van der Waals surface area (Å²) < 4.78 is 0. The second kappa shape index (κ2) is 6.87. The number of anilines is 2. The summed E-state index contributed by atoms with van der Waals surface area (Å²) in [6, 6.07) is 13.4. The number of aryl methyl sites for hydroxylation is 1. The van der Waals surface area contributed by atoms with E-state index in [-0.39, 0.29) is 17.7 Å². The molecule has 1 aliphatic carbocycles. The molecule has 1 aliphatic rings. The van der Waals surface area contributed by atoms with Crippen LogP contribution in [0.15, 0.2) is 42.5 Å². The maximum Gasteiger partial charge on any atom is 0.228 e. The van der Waals surface area contributed by atoms with Crippen LogP contribution >= 0.6 is 0 Å². The standard InChI is InChI=1S/C20H22N2O2/c1-13-6-3-4-7-16(13)12-19(23)21-17-8-5-9-18(14(17)2)22-20(24)15-10-11-15/h3-9,15H,10-12H2,1-2H3,(H,21,23)(H,22,24). The van der Waals surface area contributed by atoms with Gasteiger partial charge in [-0.2, -0.15) is 0 Å². The lowest BCUT2D eigenvalue weighted by Crippen LogP contribution is -2.17. The molecular weight excluding hydrogens is 300 g/mol. The fourth-order valence-electron chi connectivity index (χ4n) is 2.66. The van der Waals surface area contributed by atoms with Gasteiger partial charge in [0.1, 0.15) is 0 Å². The van der Waals surface area contributed by atoms with Gasteiger partial charge in [-0.25, -0.2) is 0 Å². The van der Waals surface area contributed by atoms with Gasteiger partial charge in [0.15, 0.2) is 0 Å². The average molecular weight is 322 g/mol. The summed E-state index contributed by atoms with van der Waals surface area (Å²) in [5.41, 5.74) is 4.51. The molecule has 0 aromatic heterocycles. The molecule has 2 aromatic carbocycles. The Kier molecular flexibility index (Phi) is 4.65. The van der Waals surface area contributed by atoms with Crippen LogP contribution in [0.1, 0.15) is 29.5 Å². The van der Waals surface area contributed by atoms with E-state index in [1.165, 1.54) is 0 Å². The molecule has 2 N–H and O–H groups in total. The van der Waals surface area contributed by atoms with E-state index in [2.05, 4.69) is 10.6 Å². The van der Waals surface area contributed by atoms with Crippen molar-refractivity contribution < 1.29 is 9.59 Å². The first-order valence-electron chi connectivity index (χ1n) is 8.29. The fourth-order valence-corrected chi connectivity index (χ4v) is 2.66. The van der Waals surface area contributed by atoms with E-state index in [1.54, 1.807) is 0 Å². The second-order valence-electron chi connectivity index (χ2n) is 6.39. The second-order valence-corrected chi connectivity index (χ2v) is 6.39. The average Bonchev–Trinajstić information content (AvgIpc) is 3.38. The van der Waals surface area contributed by atoms with Crippen LogP contribution in [0.25, 0.3) is 0 Å². The first kappa shape index (κ1) is 16.2. The molecule has 3 rings (SSSR count). The molecule has 0 saturated heterocycles. The topological polar surface area (TPSA) is 58.2 Å². The highest BCUT2D eigenvalue weighted by molar-refractivity contribution is 5.97. The third-order valence-electron chi connectivity index (χ3n) is 4.43. The molecule has 0 heterocycles. The first-order valence-corrected chi connectivity index (χ1v) is 8.29. The van der Waals surface area contributed by atoms with Crippen molar-refractivity contribution in [1.29, 1.82) is 0 Å². The monoisotopic (exact) mass is 322 g/mol. The van der Waals surface area contributed by atoms with Crippen molar-refractivity contribution >= 4 is 23.2 Å². The van der Waals surface area contributed by atoms with Crippen LogP contribution in [-0.2, 0) is 16.0 Å². The lowest BCUT2D eigenvalue weighted by molar-refractivity contribution is -0.117. The van der Waals surface area contributed by atoms with Crippen LogP contribution in [0.4, 0.5) is 11.4 Å². The highest BCUT2D eigenvalue weighted by atomic mass is 16.2. The van der Waals surface area contributed by atoms with Crippen molar-refractivity contribution in [3.05, 3.63) is 59.2 Å². The van der Waals surface area contributed by atoms with E-state index in [1.807, 2.05) is 56.3 Å². The molecule has 24 heavy (non-hydrogen) atoms. The number of carbonyl (C=O) groups excluding carboxylic acids is 2. The van der Waals surface area contributed by atoms with Gasteiger partial charge in [0, 0.05) is 17.3 Å². The molecular formula is C20H22N2O2. The van der Waals surface area contributed by atoms with Crippen LogP contribution in [0.3, 0.4) is 0 Å². The number of carbonyl (C=O) groups is 2. The van der Waals surface area contributed by atoms with Crippen LogP contribution < -0.4 is 10.6 Å². The van der Waals surface area contributed by atoms with Gasteiger partial charge in [-0.1, -0.05) is 30.3 Å². The van der Waals surface area contributed by atoms with E-state index in [0.29, 0.717) is 6.42 Å². The van der Waals surface area contributed by atoms with E-state index >= 15 is 0 Å². The van der Waals surface area contributed by atoms with E-state index in [0.717, 1.165) is 40.9 Å². The fraction of sp³-hybridized carbons (Fsp3) is 0.300. The normalized spacial score (nSPS) is 13.4. The molecule has 4 nitrogen and oxygen atoms in total. The van der Waals surface area contributed by atoms with Crippen molar-refractivity contribution in [3.8, 4) is 0 Å². The lowest BCUT2D eigenvalue weighted by atomic mass is 10.1. The summed E-state index contributed by atoms with van der Waals surface area (Å²) in [4.78, 5) is 24.3.